The first-order valence-corrected chi connectivity index (χ1v) is 7.23. The normalized spacial score (nSPS) is 14.8. The smallest absolute Gasteiger partial charge is 0.138 e. The molecule has 2 rings (SSSR count). The topological polar surface area (TPSA) is 33.4 Å². The van der Waals surface area contributed by atoms with Crippen LogP contribution < -0.4 is 0 Å². The fourth-order valence-corrected chi connectivity index (χ4v) is 2.44. The van der Waals surface area contributed by atoms with Gasteiger partial charge in [-0.1, -0.05) is 47.6 Å². The summed E-state index contributed by atoms with van der Waals surface area (Å²) in [6.07, 6.45) is -0.594. The van der Waals surface area contributed by atoms with E-state index in [1.807, 2.05) is 26.8 Å². The fourth-order valence-electron chi connectivity index (χ4n) is 2.44. The van der Waals surface area contributed by atoms with Crippen LogP contribution >= 0.6 is 0 Å². The van der Waals surface area contributed by atoms with Crippen LogP contribution in [0.1, 0.15) is 64.5 Å². The minimum absolute atomic E-state index is 0.0199. The van der Waals surface area contributed by atoms with Crippen molar-refractivity contribution in [1.29, 1.82) is 0 Å². The molecule has 0 aliphatic heterocycles. The molecule has 1 N–H and O–H groups in total. The summed E-state index contributed by atoms with van der Waals surface area (Å²) in [4.78, 5) is 0. The third-order valence-electron chi connectivity index (χ3n) is 3.68. The molecule has 1 aromatic heterocycles. The summed E-state index contributed by atoms with van der Waals surface area (Å²) < 4.78 is 6.02. The van der Waals surface area contributed by atoms with Crippen LogP contribution in [-0.2, 0) is 5.41 Å². The summed E-state index contributed by atoms with van der Waals surface area (Å²) in [6.45, 7) is 14.7. The highest BCUT2D eigenvalue weighted by molar-refractivity contribution is 5.83. The van der Waals surface area contributed by atoms with Gasteiger partial charge in [0.25, 0.3) is 0 Å². The van der Waals surface area contributed by atoms with Gasteiger partial charge in [0.15, 0.2) is 0 Å². The maximum Gasteiger partial charge on any atom is 0.138 e. The lowest BCUT2D eigenvalue weighted by Crippen LogP contribution is -2.17. The highest BCUT2D eigenvalue weighted by atomic mass is 16.4. The van der Waals surface area contributed by atoms with Gasteiger partial charge >= 0.3 is 0 Å². The Hall–Kier alpha value is -1.28. The molecule has 2 nitrogen and oxygen atoms in total. The number of aliphatic hydroxyl groups is 1. The summed E-state index contributed by atoms with van der Waals surface area (Å²) in [5, 5.41) is 11.5. The molecule has 1 aromatic carbocycles. The summed E-state index contributed by atoms with van der Waals surface area (Å²) >= 11 is 0. The highest BCUT2D eigenvalue weighted by Crippen LogP contribution is 2.38. The molecule has 1 atom stereocenters. The zero-order chi connectivity index (χ0) is 15.3. The zero-order valence-electron chi connectivity index (χ0n) is 13.7. The number of hydrogen-bond donors (Lipinski definition) is 1. The van der Waals surface area contributed by atoms with Gasteiger partial charge in [-0.3, -0.25) is 0 Å². The van der Waals surface area contributed by atoms with Crippen LogP contribution in [0.2, 0.25) is 0 Å². The lowest BCUT2D eigenvalue weighted by Gasteiger charge is -2.23. The summed E-state index contributed by atoms with van der Waals surface area (Å²) in [6, 6.07) is 6.28. The second-order valence-corrected chi connectivity index (χ2v) is 7.90. The van der Waals surface area contributed by atoms with E-state index in [1.54, 1.807) is 0 Å². The molecular formula is C18H26O2. The largest absolute Gasteiger partial charge is 0.458 e. The van der Waals surface area contributed by atoms with Crippen molar-refractivity contribution in [3.63, 3.8) is 0 Å². The molecule has 1 heterocycles. The van der Waals surface area contributed by atoms with Gasteiger partial charge < -0.3 is 9.52 Å². The molecule has 0 radical (unpaired) electrons. The maximum atomic E-state index is 10.4. The molecular weight excluding hydrogens is 248 g/mol. The molecule has 0 fully saturated rings. The van der Waals surface area contributed by atoms with Crippen LogP contribution in [0.5, 0.6) is 0 Å². The van der Waals surface area contributed by atoms with E-state index in [-0.39, 0.29) is 10.8 Å². The van der Waals surface area contributed by atoms with Gasteiger partial charge in [-0.2, -0.15) is 0 Å². The van der Waals surface area contributed by atoms with E-state index in [4.69, 9.17) is 4.42 Å². The average molecular weight is 274 g/mol. The van der Waals surface area contributed by atoms with Crippen LogP contribution in [0.3, 0.4) is 0 Å². The van der Waals surface area contributed by atoms with E-state index >= 15 is 0 Å². The summed E-state index contributed by atoms with van der Waals surface area (Å²) in [5.41, 5.74) is 3.11. The Morgan fingerprint density at radius 3 is 2.10 bits per heavy atom. The Kier molecular flexibility index (Phi) is 3.50. The van der Waals surface area contributed by atoms with Crippen LogP contribution in [0, 0.1) is 12.3 Å². The second kappa shape index (κ2) is 4.63. The first-order chi connectivity index (χ1) is 9.00. The molecule has 2 aromatic rings. The van der Waals surface area contributed by atoms with Crippen molar-refractivity contribution in [2.24, 2.45) is 5.41 Å². The van der Waals surface area contributed by atoms with Gasteiger partial charge in [0, 0.05) is 10.9 Å². The molecule has 0 aliphatic carbocycles. The van der Waals surface area contributed by atoms with E-state index in [9.17, 15) is 5.11 Å². The third-order valence-corrected chi connectivity index (χ3v) is 3.68. The second-order valence-electron chi connectivity index (χ2n) is 7.90. The van der Waals surface area contributed by atoms with E-state index in [0.29, 0.717) is 5.76 Å². The Labute approximate surface area is 121 Å². The standard InChI is InChI=1S/C18H26O2/c1-11-8-12-10-14(16(19)18(5,6)7)20-15(12)13(9-11)17(2,3)4/h8-10,16,19H,1-7H3. The predicted octanol–water partition coefficient (Wildman–Crippen LogP) is 5.12. The molecule has 0 saturated carbocycles. The van der Waals surface area contributed by atoms with Crippen molar-refractivity contribution >= 4 is 11.0 Å². The Balaban J connectivity index is 2.65. The fraction of sp³-hybridized carbons (Fsp3) is 0.556. The van der Waals surface area contributed by atoms with E-state index in [2.05, 4.69) is 39.8 Å². The molecule has 0 saturated heterocycles. The van der Waals surface area contributed by atoms with Gasteiger partial charge in [-0.15, -0.1) is 0 Å². The first kappa shape index (κ1) is 15.1. The number of hydrogen-bond acceptors (Lipinski definition) is 2. The Morgan fingerprint density at radius 1 is 1.00 bits per heavy atom. The van der Waals surface area contributed by atoms with Crippen LogP contribution in [0.15, 0.2) is 22.6 Å². The van der Waals surface area contributed by atoms with Crippen LogP contribution in [0.25, 0.3) is 11.0 Å². The van der Waals surface area contributed by atoms with Gasteiger partial charge in [0.05, 0.1) is 0 Å². The molecule has 0 aliphatic rings. The minimum atomic E-state index is -0.594. The van der Waals surface area contributed by atoms with E-state index < -0.39 is 6.10 Å². The SMILES string of the molecule is Cc1cc(C(C)(C)C)c2oc(C(O)C(C)(C)C)cc2c1. The van der Waals surface area contributed by atoms with Crippen molar-refractivity contribution in [2.75, 3.05) is 0 Å². The minimum Gasteiger partial charge on any atom is -0.458 e. The number of fused-ring (bicyclic) bond motifs is 1. The Morgan fingerprint density at radius 2 is 1.60 bits per heavy atom. The molecule has 1 unspecified atom stereocenters. The molecule has 2 heteroatoms. The summed E-state index contributed by atoms with van der Waals surface area (Å²) in [7, 11) is 0. The van der Waals surface area contributed by atoms with Gasteiger partial charge in [-0.05, 0) is 35.4 Å². The number of benzene rings is 1. The number of aliphatic hydroxyl groups excluding tert-OH is 1. The first-order valence-electron chi connectivity index (χ1n) is 7.23. The number of aryl methyl sites for hydroxylation is 1. The van der Waals surface area contributed by atoms with Crippen molar-refractivity contribution < 1.29 is 9.52 Å². The zero-order valence-corrected chi connectivity index (χ0v) is 13.7. The monoisotopic (exact) mass is 274 g/mol. The van der Waals surface area contributed by atoms with Crippen LogP contribution in [0.4, 0.5) is 0 Å². The van der Waals surface area contributed by atoms with E-state index in [0.717, 1.165) is 11.0 Å². The highest BCUT2D eigenvalue weighted by Gasteiger charge is 2.28. The predicted molar refractivity (Wildman–Crippen MR) is 84.1 cm³/mol. The van der Waals surface area contributed by atoms with Crippen molar-refractivity contribution in [2.45, 2.75) is 60.0 Å². The quantitative estimate of drug-likeness (QED) is 0.783. The van der Waals surface area contributed by atoms with Gasteiger partial charge in [0.1, 0.15) is 17.4 Å². The molecule has 0 bridgehead atoms. The van der Waals surface area contributed by atoms with E-state index in [1.165, 1.54) is 11.1 Å². The summed E-state index contributed by atoms with van der Waals surface area (Å²) in [5.74, 6) is 0.656. The van der Waals surface area contributed by atoms with Crippen molar-refractivity contribution in [3.05, 3.63) is 35.1 Å². The average Bonchev–Trinajstić information content (AvgIpc) is 2.67. The van der Waals surface area contributed by atoms with Crippen LogP contribution in [-0.4, -0.2) is 5.11 Å². The molecule has 110 valence electrons. The molecule has 0 amide bonds. The lowest BCUT2D eigenvalue weighted by atomic mass is 9.85. The molecule has 20 heavy (non-hydrogen) atoms. The Bertz CT molecular complexity index is 621. The van der Waals surface area contributed by atoms with Crippen molar-refractivity contribution in [3.8, 4) is 0 Å². The van der Waals surface area contributed by atoms with Gasteiger partial charge in [-0.25, -0.2) is 0 Å². The third kappa shape index (κ3) is 2.76. The lowest BCUT2D eigenvalue weighted by molar-refractivity contribution is 0.0447. The van der Waals surface area contributed by atoms with Crippen molar-refractivity contribution in [1.82, 2.24) is 0 Å². The maximum absolute atomic E-state index is 10.4. The molecule has 0 spiro atoms. The number of furan rings is 1. The number of rotatable bonds is 1. The van der Waals surface area contributed by atoms with Gasteiger partial charge in [0.2, 0.25) is 0 Å².